The molecule has 0 aliphatic carbocycles. The van der Waals surface area contributed by atoms with E-state index in [2.05, 4.69) is 23.1 Å². The maximum Gasteiger partial charge on any atom is 0.137 e. The molecule has 0 aliphatic heterocycles. The van der Waals surface area contributed by atoms with Crippen LogP contribution < -0.4 is 10.1 Å². The second kappa shape index (κ2) is 5.09. The van der Waals surface area contributed by atoms with Crippen LogP contribution in [-0.4, -0.2) is 9.97 Å². The van der Waals surface area contributed by atoms with Crippen LogP contribution in [0.2, 0.25) is 0 Å². The first kappa shape index (κ1) is 11.1. The molecule has 0 atom stereocenters. The van der Waals surface area contributed by atoms with E-state index in [0.29, 0.717) is 0 Å². The van der Waals surface area contributed by atoms with Crippen molar-refractivity contribution >= 4 is 11.6 Å². The van der Waals surface area contributed by atoms with Crippen molar-refractivity contribution in [3.63, 3.8) is 0 Å². The average Bonchev–Trinajstić information content (AvgIpc) is 3.03. The number of hydroxylamine groups is 2. The highest BCUT2D eigenvalue weighted by molar-refractivity contribution is 5.42. The van der Waals surface area contributed by atoms with Crippen molar-refractivity contribution in [2.75, 3.05) is 10.1 Å². The quantitative estimate of drug-likeness (QED) is 0.750. The van der Waals surface area contributed by atoms with Gasteiger partial charge in [0.1, 0.15) is 11.6 Å². The molecule has 2 aromatic heterocycles. The summed E-state index contributed by atoms with van der Waals surface area (Å²) < 4.78 is 0. The van der Waals surface area contributed by atoms with E-state index in [1.54, 1.807) is 12.4 Å². The van der Waals surface area contributed by atoms with Gasteiger partial charge in [-0.3, -0.25) is 0 Å². The van der Waals surface area contributed by atoms with E-state index >= 15 is 0 Å². The summed E-state index contributed by atoms with van der Waals surface area (Å²) in [7, 11) is 0. The number of anilines is 2. The largest absolute Gasteiger partial charge is 0.346 e. The van der Waals surface area contributed by atoms with Crippen LogP contribution in [0.1, 0.15) is 0 Å². The molecule has 17 heavy (non-hydrogen) atoms. The predicted molar refractivity (Wildman–Crippen MR) is 68.0 cm³/mol. The molecule has 0 fully saturated rings. The molecule has 0 unspecified atom stereocenters. The Hall–Kier alpha value is -2.40. The summed E-state index contributed by atoms with van der Waals surface area (Å²) in [6.07, 6.45) is 6.74. The van der Waals surface area contributed by atoms with Gasteiger partial charge >= 0.3 is 0 Å². The van der Waals surface area contributed by atoms with Crippen molar-refractivity contribution in [2.24, 2.45) is 0 Å². The van der Waals surface area contributed by atoms with Crippen LogP contribution in [-0.2, 0) is 4.94 Å². The first-order chi connectivity index (χ1) is 8.35. The third-order valence-corrected chi connectivity index (χ3v) is 2.15. The molecule has 0 radical (unpaired) electrons. The number of hydrogen-bond donors (Lipinski definition) is 2. The van der Waals surface area contributed by atoms with Crippen molar-refractivity contribution in [1.29, 1.82) is 0 Å². The van der Waals surface area contributed by atoms with Gasteiger partial charge in [0.05, 0.1) is 0 Å². The fourth-order valence-corrected chi connectivity index (χ4v) is 1.36. The summed E-state index contributed by atoms with van der Waals surface area (Å²) in [5.41, 5.74) is 0. The molecule has 0 aliphatic rings. The average molecular weight is 230 g/mol. The normalized spacial score (nSPS) is 9.88. The van der Waals surface area contributed by atoms with Crippen molar-refractivity contribution < 1.29 is 4.94 Å². The number of nitrogens with zero attached hydrogens (tertiary/aromatic N) is 2. The lowest BCUT2D eigenvalue weighted by Gasteiger charge is -2.24. The molecular weight excluding hydrogens is 216 g/mol. The lowest BCUT2D eigenvalue weighted by Crippen LogP contribution is -2.28. The minimum atomic E-state index is 0.776. The fourth-order valence-electron chi connectivity index (χ4n) is 1.36. The smallest absolute Gasteiger partial charge is 0.137 e. The number of hydrogen-bond acceptors (Lipinski definition) is 3. The van der Waals surface area contributed by atoms with Gasteiger partial charge in [0, 0.05) is 24.8 Å². The number of H-pyrrole nitrogens is 2. The highest BCUT2D eigenvalue weighted by Crippen LogP contribution is 2.17. The molecule has 0 saturated carbocycles. The Bertz CT molecular complexity index is 416. The van der Waals surface area contributed by atoms with Gasteiger partial charge in [-0.25, -0.2) is 0 Å². The zero-order chi connectivity index (χ0) is 12.1. The number of aromatic amines is 2. The molecule has 0 amide bonds. The molecular formula is C12H14N4O. The summed E-state index contributed by atoms with van der Waals surface area (Å²) in [6, 6.07) is 7.50. The third-order valence-electron chi connectivity index (χ3n) is 2.15. The summed E-state index contributed by atoms with van der Waals surface area (Å²) in [6.45, 7) is 7.39. The number of aromatic nitrogens is 2. The van der Waals surface area contributed by atoms with Crippen LogP contribution in [0, 0.1) is 0 Å². The topological polar surface area (TPSA) is 47.3 Å². The predicted octanol–water partition coefficient (Wildman–Crippen LogP) is 2.79. The Morgan fingerprint density at radius 3 is 1.71 bits per heavy atom. The molecule has 0 spiro atoms. The van der Waals surface area contributed by atoms with E-state index in [-0.39, 0.29) is 0 Å². The Morgan fingerprint density at radius 1 is 0.941 bits per heavy atom. The van der Waals surface area contributed by atoms with Crippen LogP contribution in [0.3, 0.4) is 0 Å². The van der Waals surface area contributed by atoms with Gasteiger partial charge in [0.25, 0.3) is 0 Å². The van der Waals surface area contributed by atoms with E-state index in [1.807, 2.05) is 36.7 Å². The third kappa shape index (κ3) is 2.40. The lowest BCUT2D eigenvalue weighted by molar-refractivity contribution is 0.127. The molecule has 2 aromatic rings. The van der Waals surface area contributed by atoms with Gasteiger partial charge in [0.2, 0.25) is 0 Å². The molecule has 0 bridgehead atoms. The van der Waals surface area contributed by atoms with E-state index in [0.717, 1.165) is 11.6 Å². The molecule has 0 saturated heterocycles. The van der Waals surface area contributed by atoms with E-state index < -0.39 is 0 Å². The SMILES string of the molecule is C=CN(ON(C=C)c1ccc[nH]1)c1ccc[nH]1. The standard InChI is InChI=1S/C12H14N4O/c1-3-15(11-7-5-9-13-11)17-16(4-2)12-8-6-10-14-12/h3-10,13-14H,1-2H2. The molecule has 2 rings (SSSR count). The van der Waals surface area contributed by atoms with E-state index in [4.69, 9.17) is 4.94 Å². The van der Waals surface area contributed by atoms with Crippen LogP contribution in [0.4, 0.5) is 11.6 Å². The van der Waals surface area contributed by atoms with Gasteiger partial charge in [0.15, 0.2) is 0 Å². The van der Waals surface area contributed by atoms with Crippen LogP contribution >= 0.6 is 0 Å². The summed E-state index contributed by atoms with van der Waals surface area (Å²) in [4.78, 5) is 11.6. The maximum atomic E-state index is 5.61. The Balaban J connectivity index is 2.12. The Kier molecular flexibility index (Phi) is 3.32. The lowest BCUT2D eigenvalue weighted by atomic mass is 10.6. The molecule has 5 nitrogen and oxygen atoms in total. The van der Waals surface area contributed by atoms with Crippen molar-refractivity contribution in [3.8, 4) is 0 Å². The zero-order valence-electron chi connectivity index (χ0n) is 9.34. The van der Waals surface area contributed by atoms with Gasteiger partial charge in [-0.15, -0.1) is 4.94 Å². The Labute approximate surface area is 99.5 Å². The molecule has 0 aromatic carbocycles. The van der Waals surface area contributed by atoms with Crippen molar-refractivity contribution in [1.82, 2.24) is 9.97 Å². The van der Waals surface area contributed by atoms with E-state index in [9.17, 15) is 0 Å². The minimum absolute atomic E-state index is 0.776. The van der Waals surface area contributed by atoms with Gasteiger partial charge in [-0.05, 0) is 24.3 Å². The van der Waals surface area contributed by atoms with Gasteiger partial charge in [-0.1, -0.05) is 13.2 Å². The molecule has 2 N–H and O–H groups in total. The Morgan fingerprint density at radius 2 is 1.41 bits per heavy atom. The summed E-state index contributed by atoms with van der Waals surface area (Å²) in [5, 5.41) is 3.00. The first-order valence-electron chi connectivity index (χ1n) is 5.13. The van der Waals surface area contributed by atoms with Crippen LogP contribution in [0.25, 0.3) is 0 Å². The highest BCUT2D eigenvalue weighted by Gasteiger charge is 2.10. The van der Waals surface area contributed by atoms with Crippen LogP contribution in [0.5, 0.6) is 0 Å². The molecule has 5 heteroatoms. The maximum absolute atomic E-state index is 5.61. The van der Waals surface area contributed by atoms with Crippen LogP contribution in [0.15, 0.2) is 62.2 Å². The summed E-state index contributed by atoms with van der Waals surface area (Å²) in [5.74, 6) is 1.55. The van der Waals surface area contributed by atoms with Gasteiger partial charge < -0.3 is 9.97 Å². The monoisotopic (exact) mass is 230 g/mol. The summed E-state index contributed by atoms with van der Waals surface area (Å²) >= 11 is 0. The second-order valence-corrected chi connectivity index (χ2v) is 3.21. The van der Waals surface area contributed by atoms with Crippen molar-refractivity contribution in [2.45, 2.75) is 0 Å². The molecule has 88 valence electrons. The molecule has 2 heterocycles. The highest BCUT2D eigenvalue weighted by atomic mass is 16.8. The van der Waals surface area contributed by atoms with Gasteiger partial charge in [-0.2, -0.15) is 10.1 Å². The number of nitrogens with one attached hydrogen (secondary N) is 2. The second-order valence-electron chi connectivity index (χ2n) is 3.21. The minimum Gasteiger partial charge on any atom is -0.346 e. The number of rotatable bonds is 6. The zero-order valence-corrected chi connectivity index (χ0v) is 9.34. The first-order valence-corrected chi connectivity index (χ1v) is 5.13. The fraction of sp³-hybridized carbons (Fsp3) is 0. The van der Waals surface area contributed by atoms with Crippen molar-refractivity contribution in [3.05, 3.63) is 62.2 Å². The van der Waals surface area contributed by atoms with E-state index in [1.165, 1.54) is 10.1 Å².